The van der Waals surface area contributed by atoms with E-state index in [9.17, 15) is 20.1 Å². The largest absolute Gasteiger partial charge is 0.481 e. The molecule has 0 radical (unpaired) electrons. The highest BCUT2D eigenvalue weighted by Gasteiger charge is 2.66. The fourth-order valence-electron chi connectivity index (χ4n) is 9.50. The zero-order valence-electron chi connectivity index (χ0n) is 22.9. The van der Waals surface area contributed by atoms with Gasteiger partial charge in [0.15, 0.2) is 0 Å². The van der Waals surface area contributed by atoms with Crippen molar-refractivity contribution in [1.82, 2.24) is 0 Å². The van der Waals surface area contributed by atoms with Crippen molar-refractivity contribution in [3.05, 3.63) is 35.5 Å². The predicted molar refractivity (Wildman–Crippen MR) is 141 cm³/mol. The molecular weight excluding hydrogens is 436 g/mol. The van der Waals surface area contributed by atoms with E-state index in [2.05, 4.69) is 47.8 Å². The highest BCUT2D eigenvalue weighted by molar-refractivity contribution is 5.71. The molecular formula is C31H48O4. The van der Waals surface area contributed by atoms with Crippen molar-refractivity contribution in [2.75, 3.05) is 0 Å². The summed E-state index contributed by atoms with van der Waals surface area (Å²) in [6.07, 6.45) is 6.68. The first-order valence-corrected chi connectivity index (χ1v) is 13.8. The molecule has 4 aliphatic rings. The quantitative estimate of drug-likeness (QED) is 0.290. The van der Waals surface area contributed by atoms with Crippen LogP contribution >= 0.6 is 0 Å². The van der Waals surface area contributed by atoms with Gasteiger partial charge < -0.3 is 15.3 Å². The van der Waals surface area contributed by atoms with Crippen LogP contribution in [-0.2, 0) is 4.79 Å². The van der Waals surface area contributed by atoms with Crippen LogP contribution in [0.25, 0.3) is 0 Å². The molecule has 4 aliphatic carbocycles. The highest BCUT2D eigenvalue weighted by Crippen LogP contribution is 2.72. The zero-order chi connectivity index (χ0) is 26.1. The van der Waals surface area contributed by atoms with E-state index < -0.39 is 18.0 Å². The van der Waals surface area contributed by atoms with E-state index in [0.29, 0.717) is 25.2 Å². The average molecular weight is 485 g/mol. The van der Waals surface area contributed by atoms with E-state index >= 15 is 0 Å². The molecule has 4 nitrogen and oxygen atoms in total. The molecule has 0 aromatic heterocycles. The third-order valence-corrected chi connectivity index (χ3v) is 11.9. The van der Waals surface area contributed by atoms with E-state index in [1.54, 1.807) is 5.57 Å². The lowest BCUT2D eigenvalue weighted by atomic mass is 9.43. The van der Waals surface area contributed by atoms with Gasteiger partial charge in [-0.05, 0) is 92.3 Å². The summed E-state index contributed by atoms with van der Waals surface area (Å²) in [5.41, 5.74) is 4.40. The standard InChI is InChI=1S/C31H48O4/c1-18(2)19(3)9-10-20(27(34)35)26-23(32)17-31(8)22-11-12-24-28(4,5)25(33)14-15-29(24,6)21(22)13-16-30(26,31)7/h20,23-26,32-33H,1,3,9-17H2,2,4-8H3,(H,34,35)/t20-,23-,24+,25+,26+,29-,30-,31+/m1/s1. The van der Waals surface area contributed by atoms with Crippen LogP contribution in [0.15, 0.2) is 35.5 Å². The first-order chi connectivity index (χ1) is 16.1. The second-order valence-corrected chi connectivity index (χ2v) is 13.8. The molecule has 2 fully saturated rings. The van der Waals surface area contributed by atoms with Crippen molar-refractivity contribution >= 4 is 5.97 Å². The van der Waals surface area contributed by atoms with Gasteiger partial charge in [0.2, 0.25) is 0 Å². The van der Waals surface area contributed by atoms with Gasteiger partial charge in [-0.15, -0.1) is 0 Å². The lowest BCUT2D eigenvalue weighted by Crippen LogP contribution is -2.55. The first-order valence-electron chi connectivity index (χ1n) is 13.8. The zero-order valence-corrected chi connectivity index (χ0v) is 22.9. The van der Waals surface area contributed by atoms with Crippen molar-refractivity contribution in [1.29, 1.82) is 0 Å². The normalized spacial score (nSPS) is 43.1. The minimum Gasteiger partial charge on any atom is -0.481 e. The van der Waals surface area contributed by atoms with Crippen molar-refractivity contribution in [3.63, 3.8) is 0 Å². The van der Waals surface area contributed by atoms with E-state index in [1.165, 1.54) is 5.57 Å². The van der Waals surface area contributed by atoms with Gasteiger partial charge in [0.25, 0.3) is 0 Å². The number of carboxylic acids is 1. The first kappa shape index (κ1) is 26.7. The van der Waals surface area contributed by atoms with E-state index in [-0.39, 0.29) is 33.7 Å². The average Bonchev–Trinajstić information content (AvgIpc) is 2.97. The van der Waals surface area contributed by atoms with Crippen LogP contribution in [0.1, 0.15) is 99.3 Å². The summed E-state index contributed by atoms with van der Waals surface area (Å²) in [6, 6.07) is 0. The predicted octanol–water partition coefficient (Wildman–Crippen LogP) is 6.68. The van der Waals surface area contributed by atoms with Crippen LogP contribution in [0, 0.1) is 39.4 Å². The molecule has 196 valence electrons. The van der Waals surface area contributed by atoms with Gasteiger partial charge in [0.1, 0.15) is 0 Å². The molecule has 0 spiro atoms. The number of carboxylic acid groups (broad SMARTS) is 1. The third-order valence-electron chi connectivity index (χ3n) is 11.9. The summed E-state index contributed by atoms with van der Waals surface area (Å²) >= 11 is 0. The molecule has 0 bridgehead atoms. The molecule has 0 aromatic carbocycles. The molecule has 8 atom stereocenters. The van der Waals surface area contributed by atoms with Gasteiger partial charge in [-0.2, -0.15) is 0 Å². The fourth-order valence-corrected chi connectivity index (χ4v) is 9.50. The second kappa shape index (κ2) is 8.58. The number of aliphatic hydroxyl groups is 2. The van der Waals surface area contributed by atoms with E-state index in [0.717, 1.165) is 49.7 Å². The number of aliphatic carboxylic acids is 1. The second-order valence-electron chi connectivity index (χ2n) is 13.8. The highest BCUT2D eigenvalue weighted by atomic mass is 16.4. The SMILES string of the molecule is C=C(C)C(=C)CC[C@@H](C(=O)O)[C@H]1[C@H](O)C[C@@]2(C)C3=C(CC[C@]12C)[C@@]1(C)CC[C@H](O)C(C)(C)[C@@H]1CC3. The minimum absolute atomic E-state index is 0.0785. The van der Waals surface area contributed by atoms with Crippen molar-refractivity contribution in [3.8, 4) is 0 Å². The molecule has 3 N–H and O–H groups in total. The van der Waals surface area contributed by atoms with Gasteiger partial charge in [-0.3, -0.25) is 4.79 Å². The molecule has 0 aliphatic heterocycles. The van der Waals surface area contributed by atoms with Crippen LogP contribution in [0.4, 0.5) is 0 Å². The Morgan fingerprint density at radius 1 is 1.03 bits per heavy atom. The van der Waals surface area contributed by atoms with Gasteiger partial charge >= 0.3 is 5.97 Å². The van der Waals surface area contributed by atoms with E-state index in [4.69, 9.17) is 0 Å². The minimum atomic E-state index is -0.799. The molecule has 0 saturated heterocycles. The maximum atomic E-state index is 12.6. The number of rotatable bonds is 6. The van der Waals surface area contributed by atoms with Crippen LogP contribution < -0.4 is 0 Å². The molecule has 0 aromatic rings. The molecule has 0 amide bonds. The third kappa shape index (κ3) is 3.72. The number of fused-ring (bicyclic) bond motifs is 4. The summed E-state index contributed by atoms with van der Waals surface area (Å²) in [5, 5.41) is 32.6. The Kier molecular flexibility index (Phi) is 6.54. The van der Waals surface area contributed by atoms with Crippen molar-refractivity contribution in [2.24, 2.45) is 39.4 Å². The molecule has 4 rings (SSSR count). The molecule has 4 heteroatoms. The molecule has 2 saturated carbocycles. The number of hydrogen-bond donors (Lipinski definition) is 3. The van der Waals surface area contributed by atoms with Crippen LogP contribution in [0.2, 0.25) is 0 Å². The smallest absolute Gasteiger partial charge is 0.306 e. The lowest BCUT2D eigenvalue weighted by Gasteiger charge is -2.62. The Morgan fingerprint density at radius 3 is 2.29 bits per heavy atom. The monoisotopic (exact) mass is 484 g/mol. The Morgan fingerprint density at radius 2 is 1.69 bits per heavy atom. The summed E-state index contributed by atoms with van der Waals surface area (Å²) in [4.78, 5) is 12.6. The van der Waals surface area contributed by atoms with Crippen molar-refractivity contribution in [2.45, 2.75) is 112 Å². The maximum Gasteiger partial charge on any atom is 0.306 e. The van der Waals surface area contributed by atoms with Crippen LogP contribution in [-0.4, -0.2) is 33.5 Å². The summed E-state index contributed by atoms with van der Waals surface area (Å²) in [7, 11) is 0. The van der Waals surface area contributed by atoms with E-state index in [1.807, 2.05) is 6.92 Å². The van der Waals surface area contributed by atoms with Gasteiger partial charge in [-0.1, -0.05) is 70.1 Å². The Hall–Kier alpha value is -1.39. The maximum absolute atomic E-state index is 12.6. The molecule has 35 heavy (non-hydrogen) atoms. The summed E-state index contributed by atoms with van der Waals surface area (Å²) in [6.45, 7) is 21.5. The number of allylic oxidation sites excluding steroid dienone is 4. The summed E-state index contributed by atoms with van der Waals surface area (Å²) < 4.78 is 0. The lowest BCUT2D eigenvalue weighted by molar-refractivity contribution is -0.149. The Labute approximate surface area is 212 Å². The van der Waals surface area contributed by atoms with Gasteiger partial charge in [0.05, 0.1) is 18.1 Å². The molecule has 0 heterocycles. The fraction of sp³-hybridized carbons (Fsp3) is 0.774. The van der Waals surface area contributed by atoms with Gasteiger partial charge in [0, 0.05) is 5.92 Å². The van der Waals surface area contributed by atoms with Crippen molar-refractivity contribution < 1.29 is 20.1 Å². The number of carbonyl (C=O) groups is 1. The topological polar surface area (TPSA) is 77.8 Å². The van der Waals surface area contributed by atoms with Gasteiger partial charge in [-0.25, -0.2) is 0 Å². The molecule has 0 unspecified atom stereocenters. The number of hydrogen-bond acceptors (Lipinski definition) is 3. The summed E-state index contributed by atoms with van der Waals surface area (Å²) in [5.74, 6) is -1.21. The Balaban J connectivity index is 1.72. The number of aliphatic hydroxyl groups excluding tert-OH is 2. The van der Waals surface area contributed by atoms with Crippen LogP contribution in [0.5, 0.6) is 0 Å². The van der Waals surface area contributed by atoms with Crippen LogP contribution in [0.3, 0.4) is 0 Å². The Bertz CT molecular complexity index is 959.